The van der Waals surface area contributed by atoms with Crippen LogP contribution in [0.15, 0.2) is 48.5 Å². The number of hydrogen-bond donors (Lipinski definition) is 3. The summed E-state index contributed by atoms with van der Waals surface area (Å²) in [4.78, 5) is 46.2. The summed E-state index contributed by atoms with van der Waals surface area (Å²) in [6.07, 6.45) is 7.22. The first kappa shape index (κ1) is 34.9. The molecule has 2 saturated heterocycles. The van der Waals surface area contributed by atoms with Crippen LogP contribution in [0.1, 0.15) is 80.6 Å². The standard InChI is InChI=1S/C37H53N5O5/c1-4-5-22-42-35(45)32(33(43)28-9-7-6-8-10-28)39-36(46)37(42)19-23-41(24-20-37)26-27-11-15-30(16-12-27)47-31-17-13-29(14-18-31)34(44)38-21-25-40(2)3/h11-18,28,32-33,43H,4-10,19-26H2,1-3H3,(H,38,44)(H,39,46). The number of piperazine rings is 1. The minimum Gasteiger partial charge on any atom is -0.457 e. The Morgan fingerprint density at radius 3 is 2.28 bits per heavy atom. The van der Waals surface area contributed by atoms with Crippen LogP contribution in [0.2, 0.25) is 0 Å². The molecule has 0 bridgehead atoms. The number of carbonyl (C=O) groups is 3. The summed E-state index contributed by atoms with van der Waals surface area (Å²) in [7, 11) is 3.94. The van der Waals surface area contributed by atoms with Gasteiger partial charge >= 0.3 is 0 Å². The first-order chi connectivity index (χ1) is 22.7. The van der Waals surface area contributed by atoms with E-state index in [4.69, 9.17) is 4.74 Å². The van der Waals surface area contributed by atoms with Crippen molar-refractivity contribution in [2.24, 2.45) is 5.92 Å². The number of aliphatic hydroxyl groups is 1. The van der Waals surface area contributed by atoms with Gasteiger partial charge in [-0.2, -0.15) is 0 Å². The predicted octanol–water partition coefficient (Wildman–Crippen LogP) is 4.17. The molecule has 10 heteroatoms. The van der Waals surface area contributed by atoms with Gasteiger partial charge in [0.05, 0.1) is 6.10 Å². The lowest BCUT2D eigenvalue weighted by Crippen LogP contribution is -2.75. The zero-order chi connectivity index (χ0) is 33.4. The van der Waals surface area contributed by atoms with Crippen LogP contribution in [-0.2, 0) is 16.1 Å². The van der Waals surface area contributed by atoms with Crippen molar-refractivity contribution in [3.63, 3.8) is 0 Å². The third-order valence-electron chi connectivity index (χ3n) is 10.2. The lowest BCUT2D eigenvalue weighted by atomic mass is 9.78. The molecule has 2 aliphatic heterocycles. The first-order valence-corrected chi connectivity index (χ1v) is 17.5. The lowest BCUT2D eigenvalue weighted by molar-refractivity contribution is -0.166. The second kappa shape index (κ2) is 16.1. The minimum atomic E-state index is -0.855. The summed E-state index contributed by atoms with van der Waals surface area (Å²) >= 11 is 0. The van der Waals surface area contributed by atoms with Gasteiger partial charge in [0.2, 0.25) is 11.8 Å². The van der Waals surface area contributed by atoms with Crippen LogP contribution in [-0.4, -0.2) is 102 Å². The van der Waals surface area contributed by atoms with E-state index in [0.29, 0.717) is 56.1 Å². The van der Waals surface area contributed by atoms with Crippen LogP contribution in [0.25, 0.3) is 0 Å². The zero-order valence-corrected chi connectivity index (χ0v) is 28.4. The lowest BCUT2D eigenvalue weighted by Gasteiger charge is -2.52. The van der Waals surface area contributed by atoms with E-state index in [1.807, 2.05) is 48.2 Å². The molecular weight excluding hydrogens is 594 g/mol. The molecule has 3 fully saturated rings. The average Bonchev–Trinajstić information content (AvgIpc) is 3.08. The molecule has 2 atom stereocenters. The number of amides is 3. The van der Waals surface area contributed by atoms with Crippen molar-refractivity contribution in [3.8, 4) is 11.5 Å². The number of hydrogen-bond acceptors (Lipinski definition) is 7. The molecule has 5 rings (SSSR count). The highest BCUT2D eigenvalue weighted by molar-refractivity contribution is 6.00. The van der Waals surface area contributed by atoms with Crippen LogP contribution in [0.4, 0.5) is 0 Å². The second-order valence-corrected chi connectivity index (χ2v) is 13.8. The molecule has 3 amide bonds. The highest BCUT2D eigenvalue weighted by Gasteiger charge is 2.55. The summed E-state index contributed by atoms with van der Waals surface area (Å²) in [5.74, 6) is 1.11. The van der Waals surface area contributed by atoms with E-state index >= 15 is 0 Å². The molecule has 256 valence electrons. The van der Waals surface area contributed by atoms with Crippen LogP contribution < -0.4 is 15.4 Å². The molecule has 1 saturated carbocycles. The summed E-state index contributed by atoms with van der Waals surface area (Å²) in [6.45, 7) is 6.15. The van der Waals surface area contributed by atoms with Crippen LogP contribution in [0, 0.1) is 5.92 Å². The normalized spacial score (nSPS) is 21.1. The Morgan fingerprint density at radius 1 is 1.02 bits per heavy atom. The number of unbranched alkanes of at least 4 members (excludes halogenated alkanes) is 1. The summed E-state index contributed by atoms with van der Waals surface area (Å²) < 4.78 is 6.02. The number of nitrogens with zero attached hydrogens (tertiary/aromatic N) is 3. The summed E-state index contributed by atoms with van der Waals surface area (Å²) in [6, 6.07) is 14.3. The maximum absolute atomic E-state index is 13.9. The van der Waals surface area contributed by atoms with E-state index in [1.54, 1.807) is 24.3 Å². The van der Waals surface area contributed by atoms with Crippen LogP contribution in [0.5, 0.6) is 11.5 Å². The van der Waals surface area contributed by atoms with E-state index in [9.17, 15) is 19.5 Å². The number of rotatable bonds is 13. The van der Waals surface area contributed by atoms with E-state index in [1.165, 1.54) is 6.42 Å². The van der Waals surface area contributed by atoms with E-state index in [-0.39, 0.29) is 23.6 Å². The number of nitrogens with one attached hydrogen (secondary N) is 2. The third-order valence-corrected chi connectivity index (χ3v) is 10.2. The smallest absolute Gasteiger partial charge is 0.251 e. The predicted molar refractivity (Wildman–Crippen MR) is 182 cm³/mol. The summed E-state index contributed by atoms with van der Waals surface area (Å²) in [5.41, 5.74) is 0.877. The van der Waals surface area contributed by atoms with E-state index in [0.717, 1.165) is 57.2 Å². The molecule has 10 nitrogen and oxygen atoms in total. The second-order valence-electron chi connectivity index (χ2n) is 13.8. The van der Waals surface area contributed by atoms with Crippen LogP contribution in [0.3, 0.4) is 0 Å². The average molecular weight is 648 g/mol. The fourth-order valence-electron chi connectivity index (χ4n) is 7.26. The molecule has 0 radical (unpaired) electrons. The number of ether oxygens (including phenoxy) is 1. The number of benzene rings is 2. The van der Waals surface area contributed by atoms with E-state index < -0.39 is 17.7 Å². The SMILES string of the molecule is CCCCN1C(=O)C(C(O)C2CCCCC2)NC(=O)C12CCN(Cc1ccc(Oc3ccc(C(=O)NCCN(C)C)cc3)cc1)CC2. The van der Waals surface area contributed by atoms with Gasteiger partial charge in [-0.15, -0.1) is 0 Å². The Bertz CT molecular complexity index is 1330. The number of likely N-dealkylation sites (N-methyl/N-ethyl adjacent to an activating group) is 1. The molecule has 1 aliphatic carbocycles. The van der Waals surface area contributed by atoms with Gasteiger partial charge < -0.3 is 30.3 Å². The van der Waals surface area contributed by atoms with Gasteiger partial charge in [-0.25, -0.2) is 0 Å². The van der Waals surface area contributed by atoms with Gasteiger partial charge in [0, 0.05) is 44.8 Å². The van der Waals surface area contributed by atoms with Gasteiger partial charge in [0.25, 0.3) is 5.91 Å². The Labute approximate surface area is 279 Å². The molecule has 2 unspecified atom stereocenters. The van der Waals surface area contributed by atoms with Crippen molar-refractivity contribution >= 4 is 17.7 Å². The molecule has 47 heavy (non-hydrogen) atoms. The Kier molecular flexibility index (Phi) is 11.9. The van der Waals surface area contributed by atoms with Gasteiger partial charge in [-0.1, -0.05) is 44.7 Å². The first-order valence-electron chi connectivity index (χ1n) is 17.5. The third kappa shape index (κ3) is 8.52. The highest BCUT2D eigenvalue weighted by atomic mass is 16.5. The van der Waals surface area contributed by atoms with Gasteiger partial charge in [0.1, 0.15) is 23.1 Å². The number of likely N-dealkylation sites (tertiary alicyclic amines) is 1. The molecule has 3 aliphatic rings. The molecule has 3 N–H and O–H groups in total. The maximum Gasteiger partial charge on any atom is 0.251 e. The zero-order valence-electron chi connectivity index (χ0n) is 28.4. The Morgan fingerprint density at radius 2 is 1.66 bits per heavy atom. The van der Waals surface area contributed by atoms with Crippen molar-refractivity contribution in [2.75, 3.05) is 46.8 Å². The monoisotopic (exact) mass is 647 g/mol. The number of aliphatic hydroxyl groups excluding tert-OH is 1. The quantitative estimate of drug-likeness (QED) is 0.299. The number of carbonyl (C=O) groups excluding carboxylic acids is 3. The largest absolute Gasteiger partial charge is 0.457 e. The molecule has 1 spiro atoms. The van der Waals surface area contributed by atoms with Crippen molar-refractivity contribution in [2.45, 2.75) is 88.9 Å². The van der Waals surface area contributed by atoms with Crippen molar-refractivity contribution < 1.29 is 24.2 Å². The minimum absolute atomic E-state index is 0.0653. The molecule has 2 aromatic rings. The fraction of sp³-hybridized carbons (Fsp3) is 0.595. The van der Waals surface area contributed by atoms with Crippen molar-refractivity contribution in [3.05, 3.63) is 59.7 Å². The van der Waals surface area contributed by atoms with Crippen molar-refractivity contribution in [1.82, 2.24) is 25.3 Å². The summed E-state index contributed by atoms with van der Waals surface area (Å²) in [5, 5.41) is 17.1. The van der Waals surface area contributed by atoms with Crippen LogP contribution >= 0.6 is 0 Å². The topological polar surface area (TPSA) is 114 Å². The maximum atomic E-state index is 13.9. The molecule has 2 aromatic carbocycles. The number of piperidine rings is 1. The van der Waals surface area contributed by atoms with Gasteiger partial charge in [0.15, 0.2) is 0 Å². The van der Waals surface area contributed by atoms with Gasteiger partial charge in [-0.05, 0) is 94.1 Å². The Hall–Kier alpha value is -3.47. The molecule has 2 heterocycles. The fourth-order valence-corrected chi connectivity index (χ4v) is 7.26. The highest BCUT2D eigenvalue weighted by Crippen LogP contribution is 2.36. The van der Waals surface area contributed by atoms with E-state index in [2.05, 4.69) is 22.5 Å². The van der Waals surface area contributed by atoms with Crippen molar-refractivity contribution in [1.29, 1.82) is 0 Å². The Balaban J connectivity index is 1.15. The molecule has 0 aromatic heterocycles. The van der Waals surface area contributed by atoms with Gasteiger partial charge in [-0.3, -0.25) is 19.3 Å². The molecular formula is C37H53N5O5.